The molecule has 0 aliphatic carbocycles. The van der Waals surface area contributed by atoms with Gasteiger partial charge >= 0.3 is 0 Å². The predicted molar refractivity (Wildman–Crippen MR) is 111 cm³/mol. The lowest BCUT2D eigenvalue weighted by molar-refractivity contribution is -0.115. The van der Waals surface area contributed by atoms with Crippen molar-refractivity contribution >= 4 is 33.4 Å². The fourth-order valence-corrected chi connectivity index (χ4v) is 5.94. The first-order chi connectivity index (χ1) is 13.9. The van der Waals surface area contributed by atoms with Gasteiger partial charge in [-0.3, -0.25) is 9.69 Å². The summed E-state index contributed by atoms with van der Waals surface area (Å²) in [5.41, 5.74) is 1.49. The molecule has 29 heavy (non-hydrogen) atoms. The minimum Gasteiger partial charge on any atom is -0.325 e. The van der Waals surface area contributed by atoms with Gasteiger partial charge in [0.2, 0.25) is 15.9 Å². The second kappa shape index (κ2) is 8.43. The van der Waals surface area contributed by atoms with E-state index in [9.17, 15) is 17.6 Å². The van der Waals surface area contributed by atoms with Crippen LogP contribution in [0, 0.1) is 5.82 Å². The van der Waals surface area contributed by atoms with Crippen LogP contribution in [-0.2, 0) is 21.4 Å². The summed E-state index contributed by atoms with van der Waals surface area (Å²) in [5, 5.41) is 2.80. The second-order valence-corrected chi connectivity index (χ2v) is 10.2. The Morgan fingerprint density at radius 1 is 1.10 bits per heavy atom. The van der Waals surface area contributed by atoms with Crippen LogP contribution in [0.3, 0.4) is 0 Å². The standard InChI is InChI=1S/C20H22FN3O3S2/c21-16-4-2-15(3-5-16)13-23-9-1-10-24(14-23)29(26,27)17-6-7-19-18(12-17)22-20(25)8-11-28-19/h2-7,12H,1,8-11,13-14H2,(H,22,25). The van der Waals surface area contributed by atoms with Crippen molar-refractivity contribution in [2.45, 2.75) is 29.2 Å². The number of sulfonamides is 1. The number of hydrogen-bond acceptors (Lipinski definition) is 5. The summed E-state index contributed by atoms with van der Waals surface area (Å²) >= 11 is 1.54. The lowest BCUT2D eigenvalue weighted by Crippen LogP contribution is -2.47. The Labute approximate surface area is 174 Å². The zero-order chi connectivity index (χ0) is 20.4. The highest BCUT2D eigenvalue weighted by molar-refractivity contribution is 7.99. The maximum Gasteiger partial charge on any atom is 0.244 e. The minimum atomic E-state index is -3.69. The van der Waals surface area contributed by atoms with Gasteiger partial charge in [-0.1, -0.05) is 12.1 Å². The quantitative estimate of drug-likeness (QED) is 0.799. The molecule has 1 N–H and O–H groups in total. The van der Waals surface area contributed by atoms with Crippen LogP contribution in [-0.4, -0.2) is 49.0 Å². The zero-order valence-electron chi connectivity index (χ0n) is 15.8. The molecule has 6 nitrogen and oxygen atoms in total. The van der Waals surface area contributed by atoms with E-state index in [1.165, 1.54) is 16.4 Å². The van der Waals surface area contributed by atoms with E-state index in [2.05, 4.69) is 5.32 Å². The van der Waals surface area contributed by atoms with Gasteiger partial charge in [-0.25, -0.2) is 12.8 Å². The van der Waals surface area contributed by atoms with E-state index in [0.29, 0.717) is 31.0 Å². The molecule has 2 aromatic rings. The van der Waals surface area contributed by atoms with Gasteiger partial charge in [-0.15, -0.1) is 11.8 Å². The third-order valence-corrected chi connectivity index (χ3v) is 7.91. The topological polar surface area (TPSA) is 69.7 Å². The number of fused-ring (bicyclic) bond motifs is 1. The summed E-state index contributed by atoms with van der Waals surface area (Å²) in [5.74, 6) is 0.286. The number of carbonyl (C=O) groups is 1. The normalized spacial score (nSPS) is 18.7. The van der Waals surface area contributed by atoms with Crippen molar-refractivity contribution in [2.24, 2.45) is 0 Å². The number of carbonyl (C=O) groups excluding carboxylic acids is 1. The first kappa shape index (κ1) is 20.3. The summed E-state index contributed by atoms with van der Waals surface area (Å²) in [4.78, 5) is 14.9. The second-order valence-electron chi connectivity index (χ2n) is 7.16. The van der Waals surface area contributed by atoms with E-state index < -0.39 is 10.0 Å². The number of benzene rings is 2. The van der Waals surface area contributed by atoms with Gasteiger partial charge in [-0.05, 0) is 42.3 Å². The lowest BCUT2D eigenvalue weighted by Gasteiger charge is -2.35. The SMILES string of the molecule is O=C1CCSc2ccc(S(=O)(=O)N3CCCN(Cc4ccc(F)cc4)C3)cc2N1. The summed E-state index contributed by atoms with van der Waals surface area (Å²) in [6.45, 7) is 2.06. The van der Waals surface area contributed by atoms with Crippen molar-refractivity contribution in [1.82, 2.24) is 9.21 Å². The molecule has 0 saturated carbocycles. The molecule has 1 fully saturated rings. The first-order valence-corrected chi connectivity index (χ1v) is 11.9. The highest BCUT2D eigenvalue weighted by atomic mass is 32.2. The van der Waals surface area contributed by atoms with Crippen molar-refractivity contribution in [3.63, 3.8) is 0 Å². The predicted octanol–water partition coefficient (Wildman–Crippen LogP) is 3.11. The maximum absolute atomic E-state index is 13.2. The molecule has 0 bridgehead atoms. The van der Waals surface area contributed by atoms with Gasteiger partial charge in [0.05, 0.1) is 17.3 Å². The fraction of sp³-hybridized carbons (Fsp3) is 0.350. The number of amides is 1. The number of anilines is 1. The van der Waals surface area contributed by atoms with Gasteiger partial charge in [0, 0.05) is 36.7 Å². The van der Waals surface area contributed by atoms with Crippen LogP contribution < -0.4 is 5.32 Å². The monoisotopic (exact) mass is 435 g/mol. The number of nitrogens with zero attached hydrogens (tertiary/aromatic N) is 2. The average Bonchev–Trinajstić information content (AvgIpc) is 2.90. The summed E-state index contributed by atoms with van der Waals surface area (Å²) in [6, 6.07) is 11.2. The number of thioether (sulfide) groups is 1. The number of rotatable bonds is 4. The molecule has 0 spiro atoms. The minimum absolute atomic E-state index is 0.103. The van der Waals surface area contributed by atoms with Gasteiger partial charge in [0.25, 0.3) is 0 Å². The summed E-state index contributed by atoms with van der Waals surface area (Å²) < 4.78 is 41.0. The Morgan fingerprint density at radius 2 is 1.90 bits per heavy atom. The molecule has 0 radical (unpaired) electrons. The van der Waals surface area contributed by atoms with Crippen LogP contribution in [0.2, 0.25) is 0 Å². The number of nitrogens with one attached hydrogen (secondary N) is 1. The molecule has 0 unspecified atom stereocenters. The Hall–Kier alpha value is -1.94. The smallest absolute Gasteiger partial charge is 0.244 e. The molecule has 0 atom stereocenters. The van der Waals surface area contributed by atoms with Crippen molar-refractivity contribution < 1.29 is 17.6 Å². The fourth-order valence-electron chi connectivity index (χ4n) is 3.52. The molecule has 1 amide bonds. The van der Waals surface area contributed by atoms with Crippen molar-refractivity contribution in [3.8, 4) is 0 Å². The van der Waals surface area contributed by atoms with Gasteiger partial charge in [0.1, 0.15) is 5.82 Å². The van der Waals surface area contributed by atoms with Crippen LogP contribution >= 0.6 is 11.8 Å². The van der Waals surface area contributed by atoms with E-state index in [1.54, 1.807) is 42.1 Å². The van der Waals surface area contributed by atoms with Crippen LogP contribution in [0.1, 0.15) is 18.4 Å². The molecule has 2 aliphatic heterocycles. The Morgan fingerprint density at radius 3 is 2.69 bits per heavy atom. The van der Waals surface area contributed by atoms with Crippen LogP contribution in [0.4, 0.5) is 10.1 Å². The van der Waals surface area contributed by atoms with Crippen molar-refractivity contribution in [1.29, 1.82) is 0 Å². The van der Waals surface area contributed by atoms with E-state index in [1.807, 2.05) is 4.90 Å². The van der Waals surface area contributed by atoms with Gasteiger partial charge < -0.3 is 5.32 Å². The third-order valence-electron chi connectivity index (χ3n) is 5.01. The molecule has 0 aromatic heterocycles. The van der Waals surface area contributed by atoms with Gasteiger partial charge in [-0.2, -0.15) is 4.31 Å². The molecule has 2 aliphatic rings. The van der Waals surface area contributed by atoms with Gasteiger partial charge in [0.15, 0.2) is 0 Å². The van der Waals surface area contributed by atoms with E-state index >= 15 is 0 Å². The molecule has 154 valence electrons. The zero-order valence-corrected chi connectivity index (χ0v) is 17.4. The Balaban J connectivity index is 1.52. The molecule has 1 saturated heterocycles. The summed E-state index contributed by atoms with van der Waals surface area (Å²) in [7, 11) is -3.69. The van der Waals surface area contributed by atoms with Crippen LogP contribution in [0.25, 0.3) is 0 Å². The Bertz CT molecular complexity index is 1010. The number of halogens is 1. The summed E-state index contributed by atoms with van der Waals surface area (Å²) in [6.07, 6.45) is 1.13. The third kappa shape index (κ3) is 4.63. The lowest BCUT2D eigenvalue weighted by atomic mass is 10.2. The average molecular weight is 436 g/mol. The molecular weight excluding hydrogens is 413 g/mol. The first-order valence-electron chi connectivity index (χ1n) is 9.45. The van der Waals surface area contributed by atoms with Crippen LogP contribution in [0.5, 0.6) is 0 Å². The molecular formula is C20H22FN3O3S2. The largest absolute Gasteiger partial charge is 0.325 e. The van der Waals surface area contributed by atoms with Crippen LogP contribution in [0.15, 0.2) is 52.3 Å². The molecule has 2 heterocycles. The Kier molecular flexibility index (Phi) is 5.91. The van der Waals surface area contributed by atoms with E-state index in [4.69, 9.17) is 0 Å². The molecule has 9 heteroatoms. The highest BCUT2D eigenvalue weighted by Gasteiger charge is 2.30. The highest BCUT2D eigenvalue weighted by Crippen LogP contribution is 2.33. The molecule has 4 rings (SSSR count). The van der Waals surface area contributed by atoms with Crippen molar-refractivity contribution in [2.75, 3.05) is 30.8 Å². The molecule has 2 aromatic carbocycles. The van der Waals surface area contributed by atoms with Crippen molar-refractivity contribution in [3.05, 3.63) is 53.8 Å². The number of hydrogen-bond donors (Lipinski definition) is 1. The van der Waals surface area contributed by atoms with E-state index in [-0.39, 0.29) is 23.3 Å². The van der Waals surface area contributed by atoms with E-state index in [0.717, 1.165) is 23.4 Å². The maximum atomic E-state index is 13.2.